The molecule has 7 unspecified atom stereocenters. The minimum atomic E-state index is -1.26. The zero-order valence-electron chi connectivity index (χ0n) is 12.7. The number of aliphatic hydroxyl groups excluding tert-OH is 1. The third-order valence-corrected chi connectivity index (χ3v) is 7.64. The molecule has 4 saturated heterocycles. The van der Waals surface area contributed by atoms with Crippen molar-refractivity contribution >= 4 is 11.9 Å². The fourth-order valence-corrected chi connectivity index (χ4v) is 7.06. The SMILES string of the molecule is C[C@@H]1COC2CC34C5CCC36C(OC(=O)[C@@H]6O)OC4(C(=O)O5)C21. The average molecular weight is 322 g/mol. The Morgan fingerprint density at radius 2 is 2.09 bits per heavy atom. The highest BCUT2D eigenvalue weighted by Crippen LogP contribution is 2.81. The summed E-state index contributed by atoms with van der Waals surface area (Å²) in [5.74, 6) is -0.949. The molecular weight excluding hydrogens is 304 g/mol. The first kappa shape index (κ1) is 13.1. The van der Waals surface area contributed by atoms with Gasteiger partial charge in [0.25, 0.3) is 0 Å². The van der Waals surface area contributed by atoms with Crippen molar-refractivity contribution in [3.8, 4) is 0 Å². The molecule has 0 bridgehead atoms. The largest absolute Gasteiger partial charge is 0.459 e. The molecule has 0 aromatic heterocycles. The lowest BCUT2D eigenvalue weighted by atomic mass is 9.57. The highest BCUT2D eigenvalue weighted by atomic mass is 16.7. The third-order valence-electron chi connectivity index (χ3n) is 7.64. The maximum Gasteiger partial charge on any atom is 0.340 e. The van der Waals surface area contributed by atoms with E-state index in [1.54, 1.807) is 0 Å². The lowest BCUT2D eigenvalue weighted by Gasteiger charge is -2.40. The van der Waals surface area contributed by atoms with Gasteiger partial charge in [-0.05, 0) is 25.2 Å². The van der Waals surface area contributed by atoms with E-state index in [1.807, 2.05) is 0 Å². The summed E-state index contributed by atoms with van der Waals surface area (Å²) < 4.78 is 23.2. The van der Waals surface area contributed by atoms with Gasteiger partial charge in [0.2, 0.25) is 6.29 Å². The molecule has 0 aromatic rings. The smallest absolute Gasteiger partial charge is 0.340 e. The normalized spacial score (nSPS) is 64.4. The summed E-state index contributed by atoms with van der Waals surface area (Å²) in [5, 5.41) is 10.7. The Bertz CT molecular complexity index is 663. The van der Waals surface area contributed by atoms with Gasteiger partial charge in [-0.25, -0.2) is 9.59 Å². The third kappa shape index (κ3) is 0.956. The molecule has 4 heterocycles. The van der Waals surface area contributed by atoms with Gasteiger partial charge in [-0.3, -0.25) is 0 Å². The van der Waals surface area contributed by atoms with Crippen LogP contribution in [0, 0.1) is 22.7 Å². The summed E-state index contributed by atoms with van der Waals surface area (Å²) in [6.07, 6.45) is -0.736. The molecule has 2 aliphatic carbocycles. The zero-order chi connectivity index (χ0) is 15.8. The van der Waals surface area contributed by atoms with E-state index in [0.29, 0.717) is 25.9 Å². The molecule has 1 N–H and O–H groups in total. The highest BCUT2D eigenvalue weighted by Gasteiger charge is 2.94. The van der Waals surface area contributed by atoms with Crippen molar-refractivity contribution in [2.75, 3.05) is 6.61 Å². The fraction of sp³-hybridized carbons (Fsp3) is 0.875. The molecule has 4 aliphatic heterocycles. The maximum absolute atomic E-state index is 12.9. The van der Waals surface area contributed by atoms with Crippen LogP contribution in [0.3, 0.4) is 0 Å². The molecule has 2 spiro atoms. The molecule has 9 atom stereocenters. The molecular formula is C16H18O7. The topological polar surface area (TPSA) is 91.3 Å². The second-order valence-corrected chi connectivity index (χ2v) is 8.05. The number of hydrogen-bond acceptors (Lipinski definition) is 7. The van der Waals surface area contributed by atoms with Gasteiger partial charge in [-0.2, -0.15) is 0 Å². The second-order valence-electron chi connectivity index (χ2n) is 8.05. The minimum Gasteiger partial charge on any atom is -0.459 e. The van der Waals surface area contributed by atoms with Gasteiger partial charge in [-0.1, -0.05) is 6.92 Å². The molecule has 2 saturated carbocycles. The van der Waals surface area contributed by atoms with E-state index in [0.717, 1.165) is 0 Å². The summed E-state index contributed by atoms with van der Waals surface area (Å²) >= 11 is 0. The van der Waals surface area contributed by atoms with E-state index in [9.17, 15) is 14.7 Å². The van der Waals surface area contributed by atoms with Crippen LogP contribution >= 0.6 is 0 Å². The Morgan fingerprint density at radius 1 is 1.26 bits per heavy atom. The Labute approximate surface area is 132 Å². The van der Waals surface area contributed by atoms with Gasteiger partial charge in [0.05, 0.1) is 16.9 Å². The minimum absolute atomic E-state index is 0.0841. The summed E-state index contributed by atoms with van der Waals surface area (Å²) in [6, 6.07) is 0. The number of carbonyl (C=O) groups excluding carboxylic acids is 2. The Morgan fingerprint density at radius 3 is 2.91 bits per heavy atom. The van der Waals surface area contributed by atoms with Crippen LogP contribution in [0.15, 0.2) is 0 Å². The number of carbonyl (C=O) groups is 2. The molecule has 7 heteroatoms. The first-order valence-electron chi connectivity index (χ1n) is 8.38. The maximum atomic E-state index is 12.9. The van der Waals surface area contributed by atoms with Gasteiger partial charge in [-0.15, -0.1) is 0 Å². The summed E-state index contributed by atoms with van der Waals surface area (Å²) in [6.45, 7) is 2.65. The van der Waals surface area contributed by atoms with Crippen LogP contribution in [0.2, 0.25) is 0 Å². The number of esters is 2. The number of ether oxygens (including phenoxy) is 4. The van der Waals surface area contributed by atoms with Crippen LogP contribution in [0.1, 0.15) is 26.2 Å². The molecule has 124 valence electrons. The Hall–Kier alpha value is -1.18. The molecule has 6 rings (SSSR count). The van der Waals surface area contributed by atoms with Crippen molar-refractivity contribution in [1.29, 1.82) is 0 Å². The van der Waals surface area contributed by atoms with E-state index in [-0.39, 0.29) is 30.0 Å². The average Bonchev–Trinajstić information content (AvgIpc) is 3.23. The van der Waals surface area contributed by atoms with Crippen molar-refractivity contribution in [2.24, 2.45) is 22.7 Å². The van der Waals surface area contributed by atoms with Crippen molar-refractivity contribution in [2.45, 2.75) is 56.4 Å². The fourth-order valence-electron chi connectivity index (χ4n) is 7.06. The number of aliphatic hydroxyl groups is 1. The summed E-state index contributed by atoms with van der Waals surface area (Å²) in [4.78, 5) is 24.9. The van der Waals surface area contributed by atoms with E-state index in [4.69, 9.17) is 18.9 Å². The summed E-state index contributed by atoms with van der Waals surface area (Å²) in [7, 11) is 0. The van der Waals surface area contributed by atoms with Crippen molar-refractivity contribution in [3.05, 3.63) is 0 Å². The number of hydrogen-bond donors (Lipinski definition) is 1. The van der Waals surface area contributed by atoms with Crippen molar-refractivity contribution in [3.63, 3.8) is 0 Å². The van der Waals surface area contributed by atoms with Crippen LogP contribution in [0.4, 0.5) is 0 Å². The van der Waals surface area contributed by atoms with Crippen molar-refractivity contribution < 1.29 is 33.6 Å². The van der Waals surface area contributed by atoms with Gasteiger partial charge in [0.15, 0.2) is 11.7 Å². The monoisotopic (exact) mass is 322 g/mol. The predicted octanol–water partition coefficient (Wildman–Crippen LogP) is -0.254. The first-order chi connectivity index (χ1) is 11.0. The molecule has 23 heavy (non-hydrogen) atoms. The summed E-state index contributed by atoms with van der Waals surface area (Å²) in [5.41, 5.74) is -2.73. The van der Waals surface area contributed by atoms with E-state index in [1.165, 1.54) is 0 Å². The predicted molar refractivity (Wildman–Crippen MR) is 70.7 cm³/mol. The molecule has 0 amide bonds. The second kappa shape index (κ2) is 3.43. The van der Waals surface area contributed by atoms with Crippen LogP contribution in [0.25, 0.3) is 0 Å². The van der Waals surface area contributed by atoms with Crippen LogP contribution in [0.5, 0.6) is 0 Å². The number of fused-ring (bicyclic) bond motifs is 1. The Balaban J connectivity index is 1.65. The molecule has 6 fully saturated rings. The quantitative estimate of drug-likeness (QED) is 0.615. The van der Waals surface area contributed by atoms with Gasteiger partial charge in [0.1, 0.15) is 6.10 Å². The van der Waals surface area contributed by atoms with E-state index < -0.39 is 34.8 Å². The zero-order valence-corrected chi connectivity index (χ0v) is 12.7. The molecule has 0 radical (unpaired) electrons. The molecule has 6 aliphatic rings. The van der Waals surface area contributed by atoms with Gasteiger partial charge >= 0.3 is 11.9 Å². The van der Waals surface area contributed by atoms with Crippen molar-refractivity contribution in [1.82, 2.24) is 0 Å². The molecule has 0 aromatic carbocycles. The highest BCUT2D eigenvalue weighted by molar-refractivity contribution is 5.89. The first-order valence-corrected chi connectivity index (χ1v) is 8.38. The Kier molecular flexibility index (Phi) is 1.96. The van der Waals surface area contributed by atoms with Crippen LogP contribution < -0.4 is 0 Å². The van der Waals surface area contributed by atoms with Crippen LogP contribution in [-0.2, 0) is 28.5 Å². The lowest BCUT2D eigenvalue weighted by Crippen LogP contribution is -2.56. The van der Waals surface area contributed by atoms with Gasteiger partial charge < -0.3 is 24.1 Å². The van der Waals surface area contributed by atoms with Crippen LogP contribution in [-0.4, -0.2) is 53.9 Å². The van der Waals surface area contributed by atoms with Gasteiger partial charge in [0, 0.05) is 12.5 Å². The number of rotatable bonds is 0. The molecule has 7 nitrogen and oxygen atoms in total. The standard InChI is InChI=1S/C16H18O7/c1-6-5-20-7-4-15-8-2-3-14(15)10(17)11(18)22-13(14)23-16(15,9(6)7)12(19)21-8/h6-10,13,17H,2-5H2,1H3/t6-,7?,8?,9?,10+,13?,14?,15?,16?/m1/s1. The lowest BCUT2D eigenvalue weighted by molar-refractivity contribution is -0.204. The van der Waals surface area contributed by atoms with E-state index in [2.05, 4.69) is 6.92 Å². The van der Waals surface area contributed by atoms with E-state index >= 15 is 0 Å².